The van der Waals surface area contributed by atoms with Gasteiger partial charge in [0, 0.05) is 33.6 Å². The van der Waals surface area contributed by atoms with Crippen molar-refractivity contribution in [1.29, 1.82) is 0 Å². The minimum absolute atomic E-state index is 0.0686. The highest BCUT2D eigenvalue weighted by atomic mass is 127. The molecule has 1 aliphatic heterocycles. The van der Waals surface area contributed by atoms with Gasteiger partial charge in [0.25, 0.3) is 5.91 Å². The topological polar surface area (TPSA) is 32.3 Å². The summed E-state index contributed by atoms with van der Waals surface area (Å²) >= 11 is 2.23. The monoisotopic (exact) mass is 420 g/mol. The van der Waals surface area contributed by atoms with Gasteiger partial charge in [-0.1, -0.05) is 6.92 Å². The normalized spacial score (nSPS) is 15.5. The second-order valence-electron chi connectivity index (χ2n) is 6.18. The minimum Gasteiger partial charge on any atom is -0.372 e. The lowest BCUT2D eigenvalue weighted by Crippen LogP contribution is -2.32. The zero-order valence-electron chi connectivity index (χ0n) is 13.3. The summed E-state index contributed by atoms with van der Waals surface area (Å²) in [6, 6.07) is 15.7. The Kier molecular flexibility index (Phi) is 5.20. The second kappa shape index (κ2) is 7.34. The van der Waals surface area contributed by atoms with E-state index in [9.17, 15) is 4.79 Å². The molecule has 0 saturated carbocycles. The van der Waals surface area contributed by atoms with Crippen molar-refractivity contribution >= 4 is 39.9 Å². The van der Waals surface area contributed by atoms with Crippen LogP contribution in [0.3, 0.4) is 0 Å². The van der Waals surface area contributed by atoms with E-state index in [1.807, 2.05) is 36.4 Å². The Morgan fingerprint density at radius 2 is 1.65 bits per heavy atom. The molecule has 0 spiro atoms. The molecule has 120 valence electrons. The minimum atomic E-state index is -0.0686. The molecule has 23 heavy (non-hydrogen) atoms. The average molecular weight is 420 g/mol. The van der Waals surface area contributed by atoms with Crippen LogP contribution in [-0.4, -0.2) is 19.0 Å². The highest BCUT2D eigenvalue weighted by molar-refractivity contribution is 14.1. The third-order valence-electron chi connectivity index (χ3n) is 4.38. The first-order chi connectivity index (χ1) is 11.1. The smallest absolute Gasteiger partial charge is 0.255 e. The second-order valence-corrected chi connectivity index (χ2v) is 7.42. The third kappa shape index (κ3) is 4.25. The summed E-state index contributed by atoms with van der Waals surface area (Å²) < 4.78 is 1.12. The Morgan fingerprint density at radius 3 is 2.26 bits per heavy atom. The fourth-order valence-corrected chi connectivity index (χ4v) is 3.19. The van der Waals surface area contributed by atoms with Crippen molar-refractivity contribution in [2.24, 2.45) is 5.92 Å². The van der Waals surface area contributed by atoms with Gasteiger partial charge in [0.05, 0.1) is 0 Å². The van der Waals surface area contributed by atoms with Crippen LogP contribution in [0.5, 0.6) is 0 Å². The third-order valence-corrected chi connectivity index (χ3v) is 5.10. The number of hydrogen-bond donors (Lipinski definition) is 1. The van der Waals surface area contributed by atoms with Gasteiger partial charge in [-0.25, -0.2) is 0 Å². The van der Waals surface area contributed by atoms with Crippen LogP contribution in [0.25, 0.3) is 0 Å². The van der Waals surface area contributed by atoms with Crippen LogP contribution >= 0.6 is 22.6 Å². The van der Waals surface area contributed by atoms with Crippen LogP contribution in [0.1, 0.15) is 30.1 Å². The molecule has 1 N–H and O–H groups in total. The molecule has 2 aromatic carbocycles. The van der Waals surface area contributed by atoms with Crippen molar-refractivity contribution in [2.45, 2.75) is 19.8 Å². The quantitative estimate of drug-likeness (QED) is 0.725. The number of piperidine rings is 1. The maximum Gasteiger partial charge on any atom is 0.255 e. The summed E-state index contributed by atoms with van der Waals surface area (Å²) in [5.74, 6) is 0.764. The molecule has 0 bridgehead atoms. The van der Waals surface area contributed by atoms with Crippen LogP contribution < -0.4 is 10.2 Å². The summed E-state index contributed by atoms with van der Waals surface area (Å²) in [5, 5.41) is 2.95. The maximum absolute atomic E-state index is 12.2. The maximum atomic E-state index is 12.2. The van der Waals surface area contributed by atoms with E-state index >= 15 is 0 Å². The molecule has 0 aliphatic carbocycles. The fraction of sp³-hybridized carbons (Fsp3) is 0.316. The van der Waals surface area contributed by atoms with E-state index in [4.69, 9.17) is 0 Å². The first-order valence-corrected chi connectivity index (χ1v) is 9.11. The Bertz CT molecular complexity index is 659. The standard InChI is InChI=1S/C19H21IN2O/c1-14-10-12-22(13-11-14)18-8-6-17(7-9-18)21-19(23)15-2-4-16(20)5-3-15/h2-9,14H,10-13H2,1H3,(H,21,23). The van der Waals surface area contributed by atoms with E-state index in [2.05, 4.69) is 51.9 Å². The van der Waals surface area contributed by atoms with Crippen molar-refractivity contribution in [2.75, 3.05) is 23.3 Å². The fourth-order valence-electron chi connectivity index (χ4n) is 2.83. The van der Waals surface area contributed by atoms with Gasteiger partial charge in [-0.2, -0.15) is 0 Å². The number of nitrogens with zero attached hydrogens (tertiary/aromatic N) is 1. The lowest BCUT2D eigenvalue weighted by Gasteiger charge is -2.32. The van der Waals surface area contributed by atoms with Gasteiger partial charge >= 0.3 is 0 Å². The summed E-state index contributed by atoms with van der Waals surface area (Å²) in [6.45, 7) is 4.56. The molecule has 1 heterocycles. The number of carbonyl (C=O) groups excluding carboxylic acids is 1. The van der Waals surface area contributed by atoms with E-state index in [1.165, 1.54) is 18.5 Å². The van der Waals surface area contributed by atoms with E-state index in [0.717, 1.165) is 28.3 Å². The van der Waals surface area contributed by atoms with Crippen molar-refractivity contribution < 1.29 is 4.79 Å². The number of rotatable bonds is 3. The van der Waals surface area contributed by atoms with Crippen molar-refractivity contribution in [3.8, 4) is 0 Å². The highest BCUT2D eigenvalue weighted by Gasteiger charge is 2.16. The van der Waals surface area contributed by atoms with E-state index < -0.39 is 0 Å². The summed E-state index contributed by atoms with van der Waals surface area (Å²) in [5.41, 5.74) is 2.76. The van der Waals surface area contributed by atoms with Gasteiger partial charge in [0.1, 0.15) is 0 Å². The van der Waals surface area contributed by atoms with Gasteiger partial charge in [-0.15, -0.1) is 0 Å². The predicted octanol–water partition coefficient (Wildman–Crippen LogP) is 4.78. The highest BCUT2D eigenvalue weighted by Crippen LogP contribution is 2.24. The van der Waals surface area contributed by atoms with Crippen molar-refractivity contribution in [3.63, 3.8) is 0 Å². The van der Waals surface area contributed by atoms with Crippen LogP contribution in [-0.2, 0) is 0 Å². The first-order valence-electron chi connectivity index (χ1n) is 8.04. The predicted molar refractivity (Wildman–Crippen MR) is 104 cm³/mol. The Hall–Kier alpha value is -1.56. The number of amides is 1. The number of halogens is 1. The van der Waals surface area contributed by atoms with E-state index in [-0.39, 0.29) is 5.91 Å². The molecule has 4 heteroatoms. The van der Waals surface area contributed by atoms with Crippen LogP contribution in [0.15, 0.2) is 48.5 Å². The average Bonchev–Trinajstić information content (AvgIpc) is 2.57. The Morgan fingerprint density at radius 1 is 1.04 bits per heavy atom. The zero-order valence-corrected chi connectivity index (χ0v) is 15.4. The molecule has 0 aromatic heterocycles. The molecule has 1 saturated heterocycles. The molecular weight excluding hydrogens is 399 g/mol. The number of nitrogens with one attached hydrogen (secondary N) is 1. The molecule has 2 aromatic rings. The van der Waals surface area contributed by atoms with Gasteiger partial charge in [0.15, 0.2) is 0 Å². The van der Waals surface area contributed by atoms with Gasteiger partial charge in [0.2, 0.25) is 0 Å². The van der Waals surface area contributed by atoms with Gasteiger partial charge in [-0.05, 0) is 89.9 Å². The number of benzene rings is 2. The number of carbonyl (C=O) groups is 1. The summed E-state index contributed by atoms with van der Waals surface area (Å²) in [6.07, 6.45) is 2.51. The molecule has 1 amide bonds. The molecule has 1 aliphatic rings. The Balaban J connectivity index is 1.63. The molecule has 0 unspecified atom stereocenters. The number of anilines is 2. The molecule has 0 atom stereocenters. The largest absolute Gasteiger partial charge is 0.372 e. The van der Waals surface area contributed by atoms with Crippen LogP contribution in [0, 0.1) is 9.49 Å². The molecular formula is C19H21IN2O. The molecule has 1 fully saturated rings. The molecule has 0 radical (unpaired) electrons. The zero-order chi connectivity index (χ0) is 16.2. The van der Waals surface area contributed by atoms with Crippen LogP contribution in [0.4, 0.5) is 11.4 Å². The molecule has 3 nitrogen and oxygen atoms in total. The number of hydrogen-bond acceptors (Lipinski definition) is 2. The van der Waals surface area contributed by atoms with Crippen LogP contribution in [0.2, 0.25) is 0 Å². The van der Waals surface area contributed by atoms with Gasteiger partial charge < -0.3 is 10.2 Å². The molecule has 3 rings (SSSR count). The van der Waals surface area contributed by atoms with Gasteiger partial charge in [-0.3, -0.25) is 4.79 Å². The SMILES string of the molecule is CC1CCN(c2ccc(NC(=O)c3ccc(I)cc3)cc2)CC1. The summed E-state index contributed by atoms with van der Waals surface area (Å²) in [4.78, 5) is 14.6. The van der Waals surface area contributed by atoms with Crippen molar-refractivity contribution in [1.82, 2.24) is 0 Å². The van der Waals surface area contributed by atoms with E-state index in [1.54, 1.807) is 0 Å². The Labute approximate surface area is 151 Å². The summed E-state index contributed by atoms with van der Waals surface area (Å²) in [7, 11) is 0. The van der Waals surface area contributed by atoms with Crippen molar-refractivity contribution in [3.05, 3.63) is 57.7 Å². The first kappa shape index (κ1) is 16.3. The van der Waals surface area contributed by atoms with E-state index in [0.29, 0.717) is 5.56 Å². The lowest BCUT2D eigenvalue weighted by molar-refractivity contribution is 0.102. The lowest BCUT2D eigenvalue weighted by atomic mass is 9.99.